The van der Waals surface area contributed by atoms with Crippen LogP contribution in [0.3, 0.4) is 0 Å². The van der Waals surface area contributed by atoms with Gasteiger partial charge in [-0.05, 0) is 31.5 Å². The first-order valence-corrected chi connectivity index (χ1v) is 7.92. The standard InChI is InChI=1S/C16H25N3O2/c1-2-13(17)15(14-6-3-4-8-18-14)19-9-5-7-16(12-19)20-10-11-21-16/h3-4,6,8,13,15H,2,5,7,9-12,17H2,1H3. The highest BCUT2D eigenvalue weighted by atomic mass is 16.7. The molecular weight excluding hydrogens is 266 g/mol. The van der Waals surface area contributed by atoms with Crippen LogP contribution in [-0.4, -0.2) is 48.0 Å². The molecule has 2 fully saturated rings. The SMILES string of the molecule is CCC(N)C(c1ccccn1)N1CCCC2(C1)OCCO2. The number of rotatable bonds is 4. The Hall–Kier alpha value is -1.01. The Morgan fingerprint density at radius 3 is 2.86 bits per heavy atom. The van der Waals surface area contributed by atoms with Crippen LogP contribution in [0.5, 0.6) is 0 Å². The van der Waals surface area contributed by atoms with Crippen LogP contribution in [0.2, 0.25) is 0 Å². The minimum absolute atomic E-state index is 0.0662. The van der Waals surface area contributed by atoms with E-state index in [0.717, 1.165) is 38.0 Å². The summed E-state index contributed by atoms with van der Waals surface area (Å²) in [5.74, 6) is -0.418. The lowest BCUT2D eigenvalue weighted by atomic mass is 9.95. The van der Waals surface area contributed by atoms with Crippen LogP contribution >= 0.6 is 0 Å². The zero-order chi connectivity index (χ0) is 14.7. The molecule has 2 N–H and O–H groups in total. The fourth-order valence-corrected chi connectivity index (χ4v) is 3.44. The number of nitrogens with two attached hydrogens (primary N) is 1. The lowest BCUT2D eigenvalue weighted by molar-refractivity contribution is -0.195. The van der Waals surface area contributed by atoms with Crippen LogP contribution in [0.1, 0.15) is 37.9 Å². The first-order chi connectivity index (χ1) is 10.2. The Balaban J connectivity index is 1.82. The first-order valence-electron chi connectivity index (χ1n) is 7.92. The maximum Gasteiger partial charge on any atom is 0.181 e. The van der Waals surface area contributed by atoms with E-state index in [9.17, 15) is 0 Å². The van der Waals surface area contributed by atoms with Gasteiger partial charge in [-0.1, -0.05) is 13.0 Å². The Labute approximate surface area is 126 Å². The van der Waals surface area contributed by atoms with Gasteiger partial charge in [0.2, 0.25) is 0 Å². The third-order valence-electron chi connectivity index (χ3n) is 4.52. The number of aromatic nitrogens is 1. The molecule has 1 spiro atoms. The van der Waals surface area contributed by atoms with Crippen molar-refractivity contribution in [2.24, 2.45) is 5.73 Å². The lowest BCUT2D eigenvalue weighted by Crippen LogP contribution is -2.53. The monoisotopic (exact) mass is 291 g/mol. The number of piperidine rings is 1. The van der Waals surface area contributed by atoms with Gasteiger partial charge in [-0.2, -0.15) is 0 Å². The van der Waals surface area contributed by atoms with Crippen molar-refractivity contribution >= 4 is 0 Å². The van der Waals surface area contributed by atoms with Crippen LogP contribution in [0.15, 0.2) is 24.4 Å². The van der Waals surface area contributed by atoms with Crippen molar-refractivity contribution in [2.75, 3.05) is 26.3 Å². The summed E-state index contributed by atoms with van der Waals surface area (Å²) in [6, 6.07) is 6.23. The number of pyridine rings is 1. The summed E-state index contributed by atoms with van der Waals surface area (Å²) in [6.07, 6.45) is 4.80. The summed E-state index contributed by atoms with van der Waals surface area (Å²) >= 11 is 0. The third kappa shape index (κ3) is 3.11. The van der Waals surface area contributed by atoms with E-state index in [1.165, 1.54) is 0 Å². The second-order valence-electron chi connectivity index (χ2n) is 5.95. The van der Waals surface area contributed by atoms with Crippen molar-refractivity contribution < 1.29 is 9.47 Å². The van der Waals surface area contributed by atoms with Crippen LogP contribution in [0.25, 0.3) is 0 Å². The van der Waals surface area contributed by atoms with Crippen molar-refractivity contribution in [3.8, 4) is 0 Å². The second kappa shape index (κ2) is 6.40. The van der Waals surface area contributed by atoms with E-state index in [1.54, 1.807) is 0 Å². The number of nitrogens with zero attached hydrogens (tertiary/aromatic N) is 2. The number of likely N-dealkylation sites (tertiary alicyclic amines) is 1. The maximum absolute atomic E-state index is 6.40. The number of hydrogen-bond donors (Lipinski definition) is 1. The summed E-state index contributed by atoms with van der Waals surface area (Å²) in [5.41, 5.74) is 7.45. The number of ether oxygens (including phenoxy) is 2. The maximum atomic E-state index is 6.40. The summed E-state index contributed by atoms with van der Waals surface area (Å²) in [5, 5.41) is 0. The molecule has 5 nitrogen and oxygen atoms in total. The van der Waals surface area contributed by atoms with Gasteiger partial charge in [0, 0.05) is 18.7 Å². The minimum Gasteiger partial charge on any atom is -0.346 e. The smallest absolute Gasteiger partial charge is 0.181 e. The molecular formula is C16H25N3O2. The molecule has 2 atom stereocenters. The van der Waals surface area contributed by atoms with E-state index in [2.05, 4.69) is 22.9 Å². The van der Waals surface area contributed by atoms with Crippen molar-refractivity contribution in [3.63, 3.8) is 0 Å². The molecule has 2 unspecified atom stereocenters. The third-order valence-corrected chi connectivity index (χ3v) is 4.52. The molecule has 2 aliphatic heterocycles. The molecule has 1 aromatic heterocycles. The van der Waals surface area contributed by atoms with Gasteiger partial charge >= 0.3 is 0 Å². The van der Waals surface area contributed by atoms with Gasteiger partial charge in [0.05, 0.1) is 31.5 Å². The Morgan fingerprint density at radius 1 is 1.38 bits per heavy atom. The molecule has 2 aliphatic rings. The molecule has 1 aromatic rings. The zero-order valence-electron chi connectivity index (χ0n) is 12.7. The molecule has 0 radical (unpaired) electrons. The molecule has 116 valence electrons. The Bertz CT molecular complexity index is 448. The van der Waals surface area contributed by atoms with Crippen molar-refractivity contribution in [1.82, 2.24) is 9.88 Å². The normalized spacial score (nSPS) is 25.0. The Kier molecular flexibility index (Phi) is 4.54. The van der Waals surface area contributed by atoms with Gasteiger partial charge < -0.3 is 15.2 Å². The molecule has 5 heteroatoms. The molecule has 3 heterocycles. The highest BCUT2D eigenvalue weighted by molar-refractivity contribution is 5.12. The molecule has 0 amide bonds. The van der Waals surface area contributed by atoms with Gasteiger partial charge in [-0.25, -0.2) is 0 Å². The van der Waals surface area contributed by atoms with E-state index in [4.69, 9.17) is 15.2 Å². The molecule has 0 saturated carbocycles. The molecule has 0 bridgehead atoms. The van der Waals surface area contributed by atoms with Gasteiger partial charge in [0.25, 0.3) is 0 Å². The van der Waals surface area contributed by atoms with Crippen molar-refractivity contribution in [3.05, 3.63) is 30.1 Å². The van der Waals surface area contributed by atoms with Crippen LogP contribution in [0, 0.1) is 0 Å². The molecule has 0 aliphatic carbocycles. The van der Waals surface area contributed by atoms with Gasteiger partial charge in [0.15, 0.2) is 5.79 Å². The van der Waals surface area contributed by atoms with E-state index >= 15 is 0 Å². The molecule has 21 heavy (non-hydrogen) atoms. The highest BCUT2D eigenvalue weighted by Crippen LogP contribution is 2.35. The van der Waals surface area contributed by atoms with E-state index in [1.807, 2.05) is 18.3 Å². The molecule has 2 saturated heterocycles. The largest absolute Gasteiger partial charge is 0.346 e. The van der Waals surface area contributed by atoms with E-state index in [-0.39, 0.29) is 12.1 Å². The predicted octanol–water partition coefficient (Wildman–Crippen LogP) is 1.70. The van der Waals surface area contributed by atoms with E-state index in [0.29, 0.717) is 13.2 Å². The molecule has 0 aromatic carbocycles. The summed E-state index contributed by atoms with van der Waals surface area (Å²) in [6.45, 7) is 5.32. The van der Waals surface area contributed by atoms with Gasteiger partial charge in [-0.3, -0.25) is 9.88 Å². The summed E-state index contributed by atoms with van der Waals surface area (Å²) < 4.78 is 11.8. The Morgan fingerprint density at radius 2 is 2.19 bits per heavy atom. The predicted molar refractivity (Wildman–Crippen MR) is 80.7 cm³/mol. The minimum atomic E-state index is -0.418. The topological polar surface area (TPSA) is 60.6 Å². The van der Waals surface area contributed by atoms with Crippen LogP contribution in [-0.2, 0) is 9.47 Å². The fourth-order valence-electron chi connectivity index (χ4n) is 3.44. The summed E-state index contributed by atoms with van der Waals surface area (Å²) in [7, 11) is 0. The van der Waals surface area contributed by atoms with Crippen LogP contribution in [0.4, 0.5) is 0 Å². The fraction of sp³-hybridized carbons (Fsp3) is 0.688. The van der Waals surface area contributed by atoms with Crippen molar-refractivity contribution in [2.45, 2.75) is 44.1 Å². The second-order valence-corrected chi connectivity index (χ2v) is 5.95. The van der Waals surface area contributed by atoms with Crippen molar-refractivity contribution in [1.29, 1.82) is 0 Å². The lowest BCUT2D eigenvalue weighted by Gasteiger charge is -2.43. The van der Waals surface area contributed by atoms with E-state index < -0.39 is 5.79 Å². The summed E-state index contributed by atoms with van der Waals surface area (Å²) in [4.78, 5) is 6.93. The van der Waals surface area contributed by atoms with Gasteiger partial charge in [0.1, 0.15) is 0 Å². The average molecular weight is 291 g/mol. The van der Waals surface area contributed by atoms with Gasteiger partial charge in [-0.15, -0.1) is 0 Å². The number of hydrogen-bond acceptors (Lipinski definition) is 5. The zero-order valence-corrected chi connectivity index (χ0v) is 12.7. The average Bonchev–Trinajstić information content (AvgIpc) is 2.96. The highest BCUT2D eigenvalue weighted by Gasteiger charge is 2.43. The van der Waals surface area contributed by atoms with Crippen LogP contribution < -0.4 is 5.73 Å². The molecule has 3 rings (SSSR count). The quantitative estimate of drug-likeness (QED) is 0.915. The first kappa shape index (κ1) is 14.9.